The molecule has 1 atom stereocenters. The van der Waals surface area contributed by atoms with Gasteiger partial charge in [0, 0.05) is 18.7 Å². The van der Waals surface area contributed by atoms with Crippen molar-refractivity contribution in [1.82, 2.24) is 9.78 Å². The summed E-state index contributed by atoms with van der Waals surface area (Å²) in [6.07, 6.45) is 0. The predicted octanol–water partition coefficient (Wildman–Crippen LogP) is 2.26. The summed E-state index contributed by atoms with van der Waals surface area (Å²) in [6.45, 7) is 5.24. The zero-order chi connectivity index (χ0) is 14.7. The van der Waals surface area contributed by atoms with Crippen LogP contribution in [0.25, 0.3) is 0 Å². The highest BCUT2D eigenvalue weighted by Gasteiger charge is 2.29. The molecule has 1 heterocycles. The number of hydrogen-bond donors (Lipinski definition) is 1. The molecule has 1 rings (SSSR count). The van der Waals surface area contributed by atoms with E-state index in [0.29, 0.717) is 10.7 Å². The number of rotatable bonds is 6. The molecule has 0 bridgehead atoms. The molecule has 0 fully saturated rings. The lowest BCUT2D eigenvalue weighted by molar-refractivity contribution is -0.388. The van der Waals surface area contributed by atoms with Crippen LogP contribution in [0, 0.1) is 16.0 Å². The second-order valence-corrected chi connectivity index (χ2v) is 5.63. The second kappa shape index (κ2) is 6.05. The van der Waals surface area contributed by atoms with Gasteiger partial charge in [0.1, 0.15) is 5.69 Å². The summed E-state index contributed by atoms with van der Waals surface area (Å²) in [7, 11) is 1.63. The van der Waals surface area contributed by atoms with Crippen molar-refractivity contribution in [3.05, 3.63) is 15.8 Å². The molecular weight excluding hydrogens is 270 g/mol. The van der Waals surface area contributed by atoms with Gasteiger partial charge >= 0.3 is 11.7 Å². The maximum absolute atomic E-state index is 11.2. The van der Waals surface area contributed by atoms with Crippen LogP contribution in [0.15, 0.2) is 5.03 Å². The summed E-state index contributed by atoms with van der Waals surface area (Å²) < 4.78 is 1.45. The summed E-state index contributed by atoms with van der Waals surface area (Å²) in [6, 6.07) is 0. The molecule has 1 aromatic heterocycles. The third-order valence-electron chi connectivity index (χ3n) is 2.62. The molecule has 0 aromatic carbocycles. The highest BCUT2D eigenvalue weighted by atomic mass is 32.2. The van der Waals surface area contributed by atoms with E-state index < -0.39 is 16.8 Å². The van der Waals surface area contributed by atoms with Crippen molar-refractivity contribution in [2.24, 2.45) is 13.0 Å². The SMILES string of the molecule is CC(CSc1c([N+](=O)[O-])c(C(C)C)nn1C)C(=O)O. The lowest BCUT2D eigenvalue weighted by atomic mass is 10.1. The topological polar surface area (TPSA) is 98.3 Å². The number of carboxylic acids is 1. The van der Waals surface area contributed by atoms with Crippen LogP contribution in [0.3, 0.4) is 0 Å². The van der Waals surface area contributed by atoms with Crippen LogP contribution in [-0.4, -0.2) is 31.5 Å². The van der Waals surface area contributed by atoms with Crippen molar-refractivity contribution in [2.75, 3.05) is 5.75 Å². The second-order valence-electron chi connectivity index (χ2n) is 4.62. The normalized spacial score (nSPS) is 12.7. The van der Waals surface area contributed by atoms with Crippen LogP contribution in [0.5, 0.6) is 0 Å². The van der Waals surface area contributed by atoms with Gasteiger partial charge < -0.3 is 5.11 Å². The number of carbonyl (C=O) groups is 1. The Kier molecular flexibility index (Phi) is 4.93. The van der Waals surface area contributed by atoms with Crippen LogP contribution in [0.4, 0.5) is 5.69 Å². The van der Waals surface area contributed by atoms with Gasteiger partial charge in [-0.25, -0.2) is 0 Å². The van der Waals surface area contributed by atoms with Crippen LogP contribution in [0.1, 0.15) is 32.4 Å². The molecule has 0 saturated carbocycles. The average molecular weight is 287 g/mol. The Balaban J connectivity index is 3.06. The summed E-state index contributed by atoms with van der Waals surface area (Å²) in [5.74, 6) is -1.27. The van der Waals surface area contributed by atoms with Crippen LogP contribution < -0.4 is 0 Å². The molecule has 0 amide bonds. The third kappa shape index (κ3) is 3.46. The van der Waals surface area contributed by atoms with Crippen molar-refractivity contribution in [2.45, 2.75) is 31.7 Å². The minimum atomic E-state index is -0.915. The highest BCUT2D eigenvalue weighted by Crippen LogP contribution is 2.36. The highest BCUT2D eigenvalue weighted by molar-refractivity contribution is 7.99. The summed E-state index contributed by atoms with van der Waals surface area (Å²) in [5, 5.41) is 24.6. The van der Waals surface area contributed by atoms with E-state index >= 15 is 0 Å². The van der Waals surface area contributed by atoms with E-state index in [9.17, 15) is 14.9 Å². The maximum atomic E-state index is 11.2. The van der Waals surface area contributed by atoms with Crippen molar-refractivity contribution in [3.8, 4) is 0 Å². The first-order valence-corrected chi connectivity index (χ1v) is 6.81. The Morgan fingerprint density at radius 2 is 2.11 bits per heavy atom. The molecule has 0 aliphatic heterocycles. The summed E-state index contributed by atoms with van der Waals surface area (Å²) in [4.78, 5) is 21.5. The van der Waals surface area contributed by atoms with E-state index in [1.807, 2.05) is 13.8 Å². The Morgan fingerprint density at radius 3 is 2.53 bits per heavy atom. The zero-order valence-corrected chi connectivity index (χ0v) is 12.1. The molecule has 0 spiro atoms. The Morgan fingerprint density at radius 1 is 1.53 bits per heavy atom. The van der Waals surface area contributed by atoms with Crippen molar-refractivity contribution >= 4 is 23.4 Å². The van der Waals surface area contributed by atoms with E-state index in [0.717, 1.165) is 11.8 Å². The van der Waals surface area contributed by atoms with E-state index in [2.05, 4.69) is 5.10 Å². The number of nitro groups is 1. The van der Waals surface area contributed by atoms with Crippen LogP contribution in [0.2, 0.25) is 0 Å². The monoisotopic (exact) mass is 287 g/mol. The molecule has 1 aromatic rings. The number of carboxylic acid groups (broad SMARTS) is 1. The van der Waals surface area contributed by atoms with Gasteiger partial charge in [0.05, 0.1) is 10.8 Å². The van der Waals surface area contributed by atoms with Gasteiger partial charge in [0.25, 0.3) is 0 Å². The number of thioether (sulfide) groups is 1. The average Bonchev–Trinajstić information content (AvgIpc) is 2.63. The Hall–Kier alpha value is -1.57. The minimum absolute atomic E-state index is 0.0138. The molecule has 0 radical (unpaired) electrons. The van der Waals surface area contributed by atoms with Gasteiger partial charge in [0.15, 0.2) is 5.03 Å². The molecule has 1 N–H and O–H groups in total. The minimum Gasteiger partial charge on any atom is -0.481 e. The standard InChI is InChI=1S/C11H17N3O4S/c1-6(2)8-9(14(17)18)10(13(4)12-8)19-5-7(3)11(15)16/h6-7H,5H2,1-4H3,(H,15,16). The molecule has 0 aliphatic carbocycles. The van der Waals surface area contributed by atoms with E-state index in [-0.39, 0.29) is 17.4 Å². The van der Waals surface area contributed by atoms with Gasteiger partial charge in [0.2, 0.25) is 0 Å². The lowest BCUT2D eigenvalue weighted by Crippen LogP contribution is -2.12. The number of aliphatic carboxylic acids is 1. The molecule has 19 heavy (non-hydrogen) atoms. The van der Waals surface area contributed by atoms with Crippen LogP contribution >= 0.6 is 11.8 Å². The van der Waals surface area contributed by atoms with E-state index in [1.54, 1.807) is 14.0 Å². The van der Waals surface area contributed by atoms with Crippen molar-refractivity contribution < 1.29 is 14.8 Å². The largest absolute Gasteiger partial charge is 0.481 e. The fraction of sp³-hybridized carbons (Fsp3) is 0.636. The number of hydrogen-bond acceptors (Lipinski definition) is 5. The van der Waals surface area contributed by atoms with Crippen molar-refractivity contribution in [1.29, 1.82) is 0 Å². The first-order valence-electron chi connectivity index (χ1n) is 5.82. The number of aryl methyl sites for hydroxylation is 1. The fourth-order valence-corrected chi connectivity index (χ4v) is 2.61. The quantitative estimate of drug-likeness (QED) is 0.489. The molecule has 0 saturated heterocycles. The molecule has 106 valence electrons. The Labute approximate surface area is 115 Å². The molecule has 7 nitrogen and oxygen atoms in total. The lowest BCUT2D eigenvalue weighted by Gasteiger charge is -2.05. The molecular formula is C11H17N3O4S. The van der Waals surface area contributed by atoms with Gasteiger partial charge in [-0.1, -0.05) is 32.5 Å². The van der Waals surface area contributed by atoms with E-state index in [1.165, 1.54) is 4.68 Å². The van der Waals surface area contributed by atoms with Gasteiger partial charge in [-0.3, -0.25) is 19.6 Å². The third-order valence-corrected chi connectivity index (χ3v) is 4.02. The number of nitrogens with zero attached hydrogens (tertiary/aromatic N) is 3. The first-order chi connectivity index (χ1) is 8.75. The zero-order valence-electron chi connectivity index (χ0n) is 11.3. The van der Waals surface area contributed by atoms with Gasteiger partial charge in [-0.05, 0) is 0 Å². The summed E-state index contributed by atoms with van der Waals surface area (Å²) >= 11 is 1.15. The van der Waals surface area contributed by atoms with Gasteiger partial charge in [-0.2, -0.15) is 5.10 Å². The summed E-state index contributed by atoms with van der Waals surface area (Å²) in [5.41, 5.74) is 0.415. The van der Waals surface area contributed by atoms with Gasteiger partial charge in [-0.15, -0.1) is 0 Å². The number of aromatic nitrogens is 2. The van der Waals surface area contributed by atoms with Crippen molar-refractivity contribution in [3.63, 3.8) is 0 Å². The van der Waals surface area contributed by atoms with Crippen LogP contribution in [-0.2, 0) is 11.8 Å². The molecule has 8 heteroatoms. The first kappa shape index (κ1) is 15.5. The Bertz CT molecular complexity index is 498. The predicted molar refractivity (Wildman–Crippen MR) is 71.5 cm³/mol. The maximum Gasteiger partial charge on any atom is 0.324 e. The smallest absolute Gasteiger partial charge is 0.324 e. The van der Waals surface area contributed by atoms with E-state index in [4.69, 9.17) is 5.11 Å². The molecule has 0 aliphatic rings. The molecule has 1 unspecified atom stereocenters. The fourth-order valence-electron chi connectivity index (χ4n) is 1.51.